The first kappa shape index (κ1) is 31.2. The quantitative estimate of drug-likeness (QED) is 0.161. The molecule has 1 aliphatic heterocycles. The molecule has 0 radical (unpaired) electrons. The number of anilines is 1. The third kappa shape index (κ3) is 4.78. The second-order valence-corrected chi connectivity index (χ2v) is 13.1. The van der Waals surface area contributed by atoms with Crippen molar-refractivity contribution in [3.63, 3.8) is 0 Å². The van der Waals surface area contributed by atoms with Gasteiger partial charge in [0.25, 0.3) is 11.8 Å². The van der Waals surface area contributed by atoms with Gasteiger partial charge in [-0.25, -0.2) is 24.8 Å². The number of fused-ring (bicyclic) bond motifs is 4. The van der Waals surface area contributed by atoms with Gasteiger partial charge < -0.3 is 4.57 Å². The molecule has 10 rings (SSSR count). The summed E-state index contributed by atoms with van der Waals surface area (Å²) in [5.41, 5.74) is 10.5. The lowest BCUT2D eigenvalue weighted by Crippen LogP contribution is -2.30. The third-order valence-corrected chi connectivity index (χ3v) is 10.1. The summed E-state index contributed by atoms with van der Waals surface area (Å²) in [5.74, 6) is -0.780. The number of aromatic nitrogens is 5. The molecule has 0 N–H and O–H groups in total. The molecule has 4 heterocycles. The number of rotatable bonds is 6. The summed E-state index contributed by atoms with van der Waals surface area (Å²) in [5, 5.41) is 1.94. The zero-order valence-corrected chi connectivity index (χ0v) is 28.7. The van der Waals surface area contributed by atoms with Crippen molar-refractivity contribution in [1.82, 2.24) is 24.5 Å². The van der Waals surface area contributed by atoms with Crippen LogP contribution in [0.25, 0.3) is 72.0 Å². The lowest BCUT2D eigenvalue weighted by molar-refractivity contribution is 0.0926. The van der Waals surface area contributed by atoms with Crippen LogP contribution in [0.15, 0.2) is 171 Å². The molecule has 0 saturated carbocycles. The average Bonchev–Trinajstić information content (AvgIpc) is 3.72. The van der Waals surface area contributed by atoms with E-state index in [0.29, 0.717) is 22.5 Å². The molecule has 0 fully saturated rings. The summed E-state index contributed by atoms with van der Waals surface area (Å²) in [6, 6.07) is 43.5. The van der Waals surface area contributed by atoms with E-state index in [9.17, 15) is 4.79 Å². The van der Waals surface area contributed by atoms with Gasteiger partial charge in [0.15, 0.2) is 0 Å². The minimum atomic E-state index is -0.399. The standard InChI is InChI=1S/C46H28N6O2/c53-45-38-20-10-22-40(42(38)46(54)52(45)39-21-9-15-33(29-11-3-1-4-12-29)41(39)30-13-5-2-6-14-30)51-43-34(31-23-47-27-48-24-31)16-7-18-36(43)37-19-8-17-35(44(37)51)32-25-49-28-50-26-32/h1-28H. The molecule has 54 heavy (non-hydrogen) atoms. The number of hydrogen-bond donors (Lipinski definition) is 0. The summed E-state index contributed by atoms with van der Waals surface area (Å²) in [7, 11) is 0. The van der Waals surface area contributed by atoms with Gasteiger partial charge in [-0.1, -0.05) is 115 Å². The van der Waals surface area contributed by atoms with E-state index in [2.05, 4.69) is 36.6 Å². The van der Waals surface area contributed by atoms with Gasteiger partial charge in [0.1, 0.15) is 12.7 Å². The highest BCUT2D eigenvalue weighted by atomic mass is 16.2. The Morgan fingerprint density at radius 1 is 0.370 bits per heavy atom. The number of amides is 2. The van der Waals surface area contributed by atoms with Crippen molar-refractivity contribution in [3.8, 4) is 50.2 Å². The Morgan fingerprint density at radius 3 is 1.43 bits per heavy atom. The van der Waals surface area contributed by atoms with Crippen LogP contribution < -0.4 is 4.90 Å². The highest BCUT2D eigenvalue weighted by Gasteiger charge is 2.41. The van der Waals surface area contributed by atoms with Crippen molar-refractivity contribution in [2.75, 3.05) is 4.90 Å². The van der Waals surface area contributed by atoms with Crippen LogP contribution >= 0.6 is 0 Å². The van der Waals surface area contributed by atoms with Crippen LogP contribution in [0.2, 0.25) is 0 Å². The van der Waals surface area contributed by atoms with Gasteiger partial charge in [0, 0.05) is 63.4 Å². The van der Waals surface area contributed by atoms with E-state index in [1.54, 1.807) is 30.9 Å². The van der Waals surface area contributed by atoms with Crippen molar-refractivity contribution < 1.29 is 9.59 Å². The zero-order chi connectivity index (χ0) is 36.2. The molecule has 8 nitrogen and oxygen atoms in total. The lowest BCUT2D eigenvalue weighted by atomic mass is 9.92. The second-order valence-electron chi connectivity index (χ2n) is 13.1. The molecule has 0 bridgehead atoms. The van der Waals surface area contributed by atoms with Crippen molar-refractivity contribution in [3.05, 3.63) is 182 Å². The molecule has 1 aliphatic rings. The van der Waals surface area contributed by atoms with Gasteiger partial charge in [-0.05, 0) is 34.9 Å². The predicted octanol–water partition coefficient (Wildman–Crippen LogP) is 9.83. The molecule has 6 aromatic carbocycles. The molecule has 0 atom stereocenters. The maximum absolute atomic E-state index is 15.2. The fourth-order valence-corrected chi connectivity index (χ4v) is 7.86. The number of benzene rings is 6. The molecule has 8 heteroatoms. The van der Waals surface area contributed by atoms with Crippen LogP contribution in [-0.4, -0.2) is 36.3 Å². The molecule has 3 aromatic heterocycles. The third-order valence-electron chi connectivity index (χ3n) is 10.1. The summed E-state index contributed by atoms with van der Waals surface area (Å²) < 4.78 is 2.11. The first-order valence-corrected chi connectivity index (χ1v) is 17.5. The molecule has 9 aromatic rings. The summed E-state index contributed by atoms with van der Waals surface area (Å²) in [4.78, 5) is 48.6. The number of nitrogens with zero attached hydrogens (tertiary/aromatic N) is 6. The van der Waals surface area contributed by atoms with Gasteiger partial charge in [-0.2, -0.15) is 0 Å². The topological polar surface area (TPSA) is 93.9 Å². The molecule has 0 spiro atoms. The highest BCUT2D eigenvalue weighted by molar-refractivity contribution is 6.37. The maximum Gasteiger partial charge on any atom is 0.268 e. The van der Waals surface area contributed by atoms with E-state index in [-0.39, 0.29) is 5.91 Å². The number of imide groups is 1. The fraction of sp³-hybridized carbons (Fsp3) is 0. The maximum atomic E-state index is 15.2. The van der Waals surface area contributed by atoms with E-state index in [0.717, 1.165) is 66.3 Å². The van der Waals surface area contributed by atoms with Gasteiger partial charge in [-0.15, -0.1) is 0 Å². The number of para-hydroxylation sites is 2. The Bertz CT molecular complexity index is 2810. The SMILES string of the molecule is O=C1c2cccc(-n3c4c(-c5cncnc5)cccc4c4cccc(-c5cncnc5)c43)c2C(=O)N1c1cccc(-c2ccccc2)c1-c1ccccc1. The Labute approximate surface area is 309 Å². The van der Waals surface area contributed by atoms with E-state index < -0.39 is 5.91 Å². The van der Waals surface area contributed by atoms with Gasteiger partial charge in [0.2, 0.25) is 0 Å². The average molecular weight is 697 g/mol. The molecule has 254 valence electrons. The van der Waals surface area contributed by atoms with Crippen molar-refractivity contribution in [2.24, 2.45) is 0 Å². The molecule has 0 saturated heterocycles. The molecular weight excluding hydrogens is 669 g/mol. The fourth-order valence-electron chi connectivity index (χ4n) is 7.86. The summed E-state index contributed by atoms with van der Waals surface area (Å²) >= 11 is 0. The van der Waals surface area contributed by atoms with Crippen LogP contribution in [0.4, 0.5) is 5.69 Å². The van der Waals surface area contributed by atoms with Crippen molar-refractivity contribution in [2.45, 2.75) is 0 Å². The smallest absolute Gasteiger partial charge is 0.268 e. The van der Waals surface area contributed by atoms with Gasteiger partial charge >= 0.3 is 0 Å². The monoisotopic (exact) mass is 696 g/mol. The van der Waals surface area contributed by atoms with Crippen molar-refractivity contribution >= 4 is 39.3 Å². The van der Waals surface area contributed by atoms with Crippen molar-refractivity contribution in [1.29, 1.82) is 0 Å². The number of hydrogen-bond acceptors (Lipinski definition) is 6. The zero-order valence-electron chi connectivity index (χ0n) is 28.7. The minimum Gasteiger partial charge on any atom is -0.307 e. The van der Waals surface area contributed by atoms with Gasteiger partial charge in [0.05, 0.1) is 33.5 Å². The van der Waals surface area contributed by atoms with E-state index >= 15 is 4.79 Å². The molecule has 0 unspecified atom stereocenters. The minimum absolute atomic E-state index is 0.323. The summed E-state index contributed by atoms with van der Waals surface area (Å²) in [6.45, 7) is 0. The molecule has 0 aliphatic carbocycles. The Morgan fingerprint density at radius 2 is 0.852 bits per heavy atom. The van der Waals surface area contributed by atoms with E-state index in [1.807, 2.05) is 115 Å². The van der Waals surface area contributed by atoms with E-state index in [1.165, 1.54) is 17.6 Å². The first-order valence-electron chi connectivity index (χ1n) is 17.5. The predicted molar refractivity (Wildman–Crippen MR) is 211 cm³/mol. The lowest BCUT2D eigenvalue weighted by Gasteiger charge is -2.22. The molecular formula is C46H28N6O2. The Kier molecular flexibility index (Phi) is 7.26. The Balaban J connectivity index is 1.26. The Hall–Kier alpha value is -7.58. The second kappa shape index (κ2) is 12.6. The van der Waals surface area contributed by atoms with Crippen LogP contribution in [0.1, 0.15) is 20.7 Å². The van der Waals surface area contributed by atoms with E-state index in [4.69, 9.17) is 0 Å². The van der Waals surface area contributed by atoms with Crippen LogP contribution in [-0.2, 0) is 0 Å². The van der Waals surface area contributed by atoms with Crippen LogP contribution in [0.3, 0.4) is 0 Å². The molecule has 2 amide bonds. The number of carbonyl (C=O) groups is 2. The highest BCUT2D eigenvalue weighted by Crippen LogP contribution is 2.46. The van der Waals surface area contributed by atoms with Gasteiger partial charge in [-0.3, -0.25) is 9.59 Å². The van der Waals surface area contributed by atoms with Crippen LogP contribution in [0.5, 0.6) is 0 Å². The van der Waals surface area contributed by atoms with Crippen LogP contribution in [0, 0.1) is 0 Å². The summed E-state index contributed by atoms with van der Waals surface area (Å²) in [6.07, 6.45) is 10.1. The largest absolute Gasteiger partial charge is 0.307 e. The normalized spacial score (nSPS) is 12.5. The first-order chi connectivity index (χ1) is 26.7. The number of carbonyl (C=O) groups excluding carboxylic acids is 2.